The van der Waals surface area contributed by atoms with Gasteiger partial charge in [0.2, 0.25) is 0 Å². The van der Waals surface area contributed by atoms with Gasteiger partial charge in [-0.2, -0.15) is 0 Å². The third-order valence-electron chi connectivity index (χ3n) is 2.86. The van der Waals surface area contributed by atoms with Gasteiger partial charge in [-0.05, 0) is 37.1 Å². The highest BCUT2D eigenvalue weighted by Crippen LogP contribution is 2.09. The molecular formula is C14H20N2O2. The number of carbonyl (C=O) groups is 2. The van der Waals surface area contributed by atoms with E-state index in [1.165, 1.54) is 6.92 Å². The second-order valence-corrected chi connectivity index (χ2v) is 4.48. The Hall–Kier alpha value is -1.84. The van der Waals surface area contributed by atoms with Crippen LogP contribution in [0.15, 0.2) is 24.3 Å². The van der Waals surface area contributed by atoms with E-state index in [0.717, 1.165) is 6.42 Å². The van der Waals surface area contributed by atoms with Crippen LogP contribution in [0.4, 0.5) is 10.5 Å². The van der Waals surface area contributed by atoms with Crippen LogP contribution in [0.3, 0.4) is 0 Å². The van der Waals surface area contributed by atoms with Crippen molar-refractivity contribution in [2.75, 3.05) is 11.9 Å². The Morgan fingerprint density at radius 2 is 1.83 bits per heavy atom. The van der Waals surface area contributed by atoms with Crippen molar-refractivity contribution < 1.29 is 9.59 Å². The van der Waals surface area contributed by atoms with Crippen molar-refractivity contribution in [1.29, 1.82) is 0 Å². The molecule has 2 N–H and O–H groups in total. The lowest BCUT2D eigenvalue weighted by Gasteiger charge is -2.11. The molecule has 0 saturated carbocycles. The molecule has 0 fully saturated rings. The zero-order valence-electron chi connectivity index (χ0n) is 11.1. The predicted octanol–water partition coefficient (Wildman–Crippen LogP) is 3.06. The number of Topliss-reactive ketones (excluding diaryl/α,β-unsaturated/α-hetero) is 1. The van der Waals surface area contributed by atoms with E-state index in [2.05, 4.69) is 24.5 Å². The van der Waals surface area contributed by atoms with Gasteiger partial charge in [-0.25, -0.2) is 4.79 Å². The summed E-state index contributed by atoms with van der Waals surface area (Å²) in [6.07, 6.45) is 1.04. The average Bonchev–Trinajstić information content (AvgIpc) is 2.36. The first-order valence-electron chi connectivity index (χ1n) is 6.18. The van der Waals surface area contributed by atoms with Crippen molar-refractivity contribution in [2.45, 2.75) is 27.2 Å². The van der Waals surface area contributed by atoms with Crippen molar-refractivity contribution in [1.82, 2.24) is 5.32 Å². The molecule has 0 heterocycles. The lowest BCUT2D eigenvalue weighted by atomic mass is 10.1. The van der Waals surface area contributed by atoms with Crippen LogP contribution >= 0.6 is 0 Å². The smallest absolute Gasteiger partial charge is 0.319 e. The molecule has 4 heteroatoms. The van der Waals surface area contributed by atoms with Crippen molar-refractivity contribution in [3.63, 3.8) is 0 Å². The van der Waals surface area contributed by atoms with E-state index in [4.69, 9.17) is 0 Å². The highest BCUT2D eigenvalue weighted by molar-refractivity contribution is 5.95. The Labute approximate surface area is 108 Å². The molecule has 0 aliphatic rings. The molecule has 1 atom stereocenters. The molecule has 4 nitrogen and oxygen atoms in total. The number of hydrogen-bond acceptors (Lipinski definition) is 2. The largest absolute Gasteiger partial charge is 0.338 e. The van der Waals surface area contributed by atoms with Gasteiger partial charge in [0.05, 0.1) is 0 Å². The Morgan fingerprint density at radius 1 is 1.22 bits per heavy atom. The minimum atomic E-state index is -0.217. The monoisotopic (exact) mass is 248 g/mol. The van der Waals surface area contributed by atoms with E-state index in [0.29, 0.717) is 23.7 Å². The number of nitrogens with one attached hydrogen (secondary N) is 2. The van der Waals surface area contributed by atoms with Crippen molar-refractivity contribution in [3.05, 3.63) is 29.8 Å². The number of anilines is 1. The molecule has 0 aliphatic carbocycles. The van der Waals surface area contributed by atoms with Crippen LogP contribution in [0.5, 0.6) is 0 Å². The molecule has 1 unspecified atom stereocenters. The highest BCUT2D eigenvalue weighted by atomic mass is 16.2. The molecule has 2 amide bonds. The third-order valence-corrected chi connectivity index (χ3v) is 2.86. The second kappa shape index (κ2) is 6.79. The lowest BCUT2D eigenvalue weighted by molar-refractivity contribution is 0.101. The van der Waals surface area contributed by atoms with Crippen LogP contribution in [-0.4, -0.2) is 18.4 Å². The summed E-state index contributed by atoms with van der Waals surface area (Å²) >= 11 is 0. The molecular weight excluding hydrogens is 228 g/mol. The maximum atomic E-state index is 11.6. The molecule has 0 bridgehead atoms. The topological polar surface area (TPSA) is 58.2 Å². The Bertz CT molecular complexity index is 412. The van der Waals surface area contributed by atoms with Crippen LogP contribution in [0, 0.1) is 5.92 Å². The van der Waals surface area contributed by atoms with Crippen LogP contribution in [0.2, 0.25) is 0 Å². The first kappa shape index (κ1) is 14.2. The van der Waals surface area contributed by atoms with Gasteiger partial charge in [-0.1, -0.05) is 20.3 Å². The number of rotatable bonds is 5. The fourth-order valence-corrected chi connectivity index (χ4v) is 1.37. The Morgan fingerprint density at radius 3 is 2.33 bits per heavy atom. The number of hydrogen-bond donors (Lipinski definition) is 2. The summed E-state index contributed by atoms with van der Waals surface area (Å²) in [5, 5.41) is 5.53. The van der Waals surface area contributed by atoms with Crippen molar-refractivity contribution in [2.24, 2.45) is 5.92 Å². The van der Waals surface area contributed by atoms with E-state index in [-0.39, 0.29) is 11.8 Å². The predicted molar refractivity (Wildman–Crippen MR) is 72.9 cm³/mol. The summed E-state index contributed by atoms with van der Waals surface area (Å²) in [5.74, 6) is 0.485. The van der Waals surface area contributed by atoms with Gasteiger partial charge in [0, 0.05) is 17.8 Å². The third kappa shape index (κ3) is 4.57. The zero-order chi connectivity index (χ0) is 13.5. The van der Waals surface area contributed by atoms with Gasteiger partial charge in [0.1, 0.15) is 0 Å². The molecule has 0 radical (unpaired) electrons. The minimum absolute atomic E-state index is 0.0165. The molecule has 1 aromatic rings. The van der Waals surface area contributed by atoms with Crippen molar-refractivity contribution in [3.8, 4) is 0 Å². The van der Waals surface area contributed by atoms with Crippen molar-refractivity contribution >= 4 is 17.5 Å². The molecule has 1 aromatic carbocycles. The quantitative estimate of drug-likeness (QED) is 0.787. The maximum absolute atomic E-state index is 11.6. The molecule has 0 aromatic heterocycles. The fraction of sp³-hybridized carbons (Fsp3) is 0.429. The van der Waals surface area contributed by atoms with E-state index in [9.17, 15) is 9.59 Å². The summed E-state index contributed by atoms with van der Waals surface area (Å²) in [7, 11) is 0. The SMILES string of the molecule is CCC(C)CNC(=O)Nc1ccc(C(C)=O)cc1. The molecule has 0 aliphatic heterocycles. The number of amides is 2. The van der Waals surface area contributed by atoms with Crippen LogP contribution in [-0.2, 0) is 0 Å². The van der Waals surface area contributed by atoms with E-state index in [1.54, 1.807) is 24.3 Å². The van der Waals surface area contributed by atoms with Crippen LogP contribution in [0.1, 0.15) is 37.6 Å². The van der Waals surface area contributed by atoms with E-state index in [1.807, 2.05) is 0 Å². The number of ketones is 1. The number of carbonyl (C=O) groups excluding carboxylic acids is 2. The molecule has 1 rings (SSSR count). The summed E-state index contributed by atoms with van der Waals surface area (Å²) in [6.45, 7) is 6.35. The minimum Gasteiger partial charge on any atom is -0.338 e. The first-order chi connectivity index (χ1) is 8.52. The van der Waals surface area contributed by atoms with Gasteiger partial charge in [0.15, 0.2) is 5.78 Å². The van der Waals surface area contributed by atoms with Gasteiger partial charge in [-0.3, -0.25) is 4.79 Å². The summed E-state index contributed by atoms with van der Waals surface area (Å²) in [4.78, 5) is 22.7. The molecule has 0 spiro atoms. The lowest BCUT2D eigenvalue weighted by Crippen LogP contribution is -2.32. The van der Waals surface area contributed by atoms with Crippen LogP contribution < -0.4 is 10.6 Å². The average molecular weight is 248 g/mol. The Balaban J connectivity index is 2.47. The highest BCUT2D eigenvalue weighted by Gasteiger charge is 2.04. The van der Waals surface area contributed by atoms with E-state index >= 15 is 0 Å². The number of benzene rings is 1. The van der Waals surface area contributed by atoms with Crippen LogP contribution in [0.25, 0.3) is 0 Å². The first-order valence-corrected chi connectivity index (χ1v) is 6.18. The van der Waals surface area contributed by atoms with Gasteiger partial charge >= 0.3 is 6.03 Å². The summed E-state index contributed by atoms with van der Waals surface area (Å²) in [6, 6.07) is 6.63. The zero-order valence-corrected chi connectivity index (χ0v) is 11.1. The normalized spacial score (nSPS) is 11.7. The van der Waals surface area contributed by atoms with E-state index < -0.39 is 0 Å². The molecule has 98 valence electrons. The summed E-state index contributed by atoms with van der Waals surface area (Å²) in [5.41, 5.74) is 1.32. The van der Waals surface area contributed by atoms with Gasteiger partial charge in [0.25, 0.3) is 0 Å². The maximum Gasteiger partial charge on any atom is 0.319 e. The fourth-order valence-electron chi connectivity index (χ4n) is 1.37. The van der Waals surface area contributed by atoms with Gasteiger partial charge < -0.3 is 10.6 Å². The molecule has 18 heavy (non-hydrogen) atoms. The summed E-state index contributed by atoms with van der Waals surface area (Å²) < 4.78 is 0. The number of urea groups is 1. The second-order valence-electron chi connectivity index (χ2n) is 4.48. The standard InChI is InChI=1S/C14H20N2O2/c1-4-10(2)9-15-14(18)16-13-7-5-12(6-8-13)11(3)17/h5-8,10H,4,9H2,1-3H3,(H2,15,16,18). The van der Waals surface area contributed by atoms with Gasteiger partial charge in [-0.15, -0.1) is 0 Å². The Kier molecular flexibility index (Phi) is 5.36. The molecule has 0 saturated heterocycles.